The molecule has 0 N–H and O–H groups in total. The van der Waals surface area contributed by atoms with E-state index >= 15 is 0 Å². The minimum absolute atomic E-state index is 0.0732. The van der Waals surface area contributed by atoms with Crippen molar-refractivity contribution in [3.63, 3.8) is 0 Å². The van der Waals surface area contributed by atoms with Crippen LogP contribution in [0.1, 0.15) is 11.5 Å². The molecule has 8 nitrogen and oxygen atoms in total. The van der Waals surface area contributed by atoms with Crippen molar-refractivity contribution in [2.75, 3.05) is 27.9 Å². The van der Waals surface area contributed by atoms with E-state index in [9.17, 15) is 4.79 Å². The molecule has 0 aliphatic rings. The number of likely N-dealkylation sites (N-methyl/N-ethyl adjacent to an activating group) is 1. The molecule has 0 bridgehead atoms. The molecule has 1 heterocycles. The summed E-state index contributed by atoms with van der Waals surface area (Å²) in [6.07, 6.45) is 0. The fourth-order valence-electron chi connectivity index (χ4n) is 2.59. The molecular weight excluding hydrogens is 374 g/mol. The highest BCUT2D eigenvalue weighted by molar-refractivity contribution is 5.77. The third-order valence-corrected chi connectivity index (χ3v) is 4.29. The van der Waals surface area contributed by atoms with Crippen LogP contribution in [-0.4, -0.2) is 48.8 Å². The van der Waals surface area contributed by atoms with Gasteiger partial charge in [-0.25, -0.2) is 0 Å². The van der Waals surface area contributed by atoms with Crippen LogP contribution < -0.4 is 14.2 Å². The van der Waals surface area contributed by atoms with Crippen molar-refractivity contribution in [3.05, 3.63) is 53.9 Å². The van der Waals surface area contributed by atoms with Gasteiger partial charge in [-0.15, -0.1) is 0 Å². The van der Waals surface area contributed by atoms with E-state index in [0.29, 0.717) is 34.5 Å². The van der Waals surface area contributed by atoms with Gasteiger partial charge in [0, 0.05) is 12.6 Å². The molecule has 0 aliphatic heterocycles. The number of methoxy groups -OCH3 is 2. The van der Waals surface area contributed by atoms with E-state index in [1.165, 1.54) is 4.90 Å². The van der Waals surface area contributed by atoms with E-state index in [1.807, 2.05) is 31.2 Å². The van der Waals surface area contributed by atoms with Crippen molar-refractivity contribution < 1.29 is 23.5 Å². The van der Waals surface area contributed by atoms with E-state index in [2.05, 4.69) is 10.1 Å². The lowest BCUT2D eigenvalue weighted by atomic mass is 10.2. The van der Waals surface area contributed by atoms with Gasteiger partial charge < -0.3 is 23.6 Å². The maximum Gasteiger partial charge on any atom is 0.260 e. The lowest BCUT2D eigenvalue weighted by Crippen LogP contribution is -2.31. The van der Waals surface area contributed by atoms with Gasteiger partial charge in [0.15, 0.2) is 18.1 Å². The lowest BCUT2D eigenvalue weighted by Gasteiger charge is -2.15. The van der Waals surface area contributed by atoms with Crippen LogP contribution in [-0.2, 0) is 11.3 Å². The Morgan fingerprint density at radius 3 is 2.48 bits per heavy atom. The molecule has 0 saturated carbocycles. The molecule has 0 aliphatic carbocycles. The molecule has 0 saturated heterocycles. The number of hydrogen-bond donors (Lipinski definition) is 0. The fourth-order valence-corrected chi connectivity index (χ4v) is 2.59. The third kappa shape index (κ3) is 5.04. The minimum Gasteiger partial charge on any atom is -0.493 e. The summed E-state index contributed by atoms with van der Waals surface area (Å²) in [5.41, 5.74) is 1.84. The van der Waals surface area contributed by atoms with E-state index in [4.69, 9.17) is 18.7 Å². The number of ether oxygens (including phenoxy) is 3. The van der Waals surface area contributed by atoms with Gasteiger partial charge >= 0.3 is 0 Å². The SMILES string of the molecule is COc1ccc(-c2noc(CN(C)C(=O)COc3ccc(C)cc3)n2)cc1OC. The van der Waals surface area contributed by atoms with Crippen LogP contribution in [0.5, 0.6) is 17.2 Å². The van der Waals surface area contributed by atoms with Crippen molar-refractivity contribution in [2.24, 2.45) is 0 Å². The number of amides is 1. The monoisotopic (exact) mass is 397 g/mol. The topological polar surface area (TPSA) is 86.9 Å². The van der Waals surface area contributed by atoms with Crippen LogP contribution in [0.15, 0.2) is 47.0 Å². The zero-order valence-corrected chi connectivity index (χ0v) is 16.8. The largest absolute Gasteiger partial charge is 0.493 e. The lowest BCUT2D eigenvalue weighted by molar-refractivity contribution is -0.132. The second-order valence-electron chi connectivity index (χ2n) is 6.43. The van der Waals surface area contributed by atoms with Gasteiger partial charge in [-0.1, -0.05) is 22.9 Å². The highest BCUT2D eigenvalue weighted by Crippen LogP contribution is 2.31. The number of carbonyl (C=O) groups excluding carboxylic acids is 1. The first-order valence-corrected chi connectivity index (χ1v) is 8.98. The second-order valence-corrected chi connectivity index (χ2v) is 6.43. The van der Waals surface area contributed by atoms with E-state index in [0.717, 1.165) is 5.56 Å². The zero-order valence-electron chi connectivity index (χ0n) is 16.8. The Kier molecular flexibility index (Phi) is 6.33. The molecule has 1 amide bonds. The van der Waals surface area contributed by atoms with Crippen LogP contribution in [0.2, 0.25) is 0 Å². The highest BCUT2D eigenvalue weighted by Gasteiger charge is 2.16. The summed E-state index contributed by atoms with van der Waals surface area (Å²) in [5, 5.41) is 3.98. The van der Waals surface area contributed by atoms with Gasteiger partial charge in [0.1, 0.15) is 5.75 Å². The third-order valence-electron chi connectivity index (χ3n) is 4.29. The Labute approximate surface area is 169 Å². The number of rotatable bonds is 8. The highest BCUT2D eigenvalue weighted by atomic mass is 16.5. The normalized spacial score (nSPS) is 10.5. The van der Waals surface area contributed by atoms with Gasteiger partial charge in [0.2, 0.25) is 11.7 Å². The Balaban J connectivity index is 1.60. The van der Waals surface area contributed by atoms with Crippen LogP contribution in [0.4, 0.5) is 0 Å². The summed E-state index contributed by atoms with van der Waals surface area (Å²) < 4.78 is 21.3. The van der Waals surface area contributed by atoms with Crippen LogP contribution in [0, 0.1) is 6.92 Å². The summed E-state index contributed by atoms with van der Waals surface area (Å²) in [6, 6.07) is 12.8. The molecule has 8 heteroatoms. The van der Waals surface area contributed by atoms with Crippen LogP contribution in [0.25, 0.3) is 11.4 Å². The first kappa shape index (κ1) is 20.2. The van der Waals surface area contributed by atoms with Crippen molar-refractivity contribution in [2.45, 2.75) is 13.5 Å². The summed E-state index contributed by atoms with van der Waals surface area (Å²) in [4.78, 5) is 18.1. The molecule has 0 unspecified atom stereocenters. The van der Waals surface area contributed by atoms with Crippen molar-refractivity contribution in [3.8, 4) is 28.6 Å². The number of nitrogens with zero attached hydrogens (tertiary/aromatic N) is 3. The predicted molar refractivity (Wildman–Crippen MR) is 106 cm³/mol. The minimum atomic E-state index is -0.198. The molecule has 0 spiro atoms. The summed E-state index contributed by atoms with van der Waals surface area (Å²) in [7, 11) is 4.78. The first-order valence-electron chi connectivity index (χ1n) is 8.98. The average molecular weight is 397 g/mol. The van der Waals surface area contributed by atoms with E-state index in [-0.39, 0.29) is 19.1 Å². The molecule has 152 valence electrons. The van der Waals surface area contributed by atoms with Crippen molar-refractivity contribution in [1.29, 1.82) is 0 Å². The molecule has 3 rings (SSSR count). The molecule has 0 fully saturated rings. The van der Waals surface area contributed by atoms with Gasteiger partial charge in [0.05, 0.1) is 20.8 Å². The smallest absolute Gasteiger partial charge is 0.260 e. The maximum atomic E-state index is 12.3. The summed E-state index contributed by atoms with van der Waals surface area (Å²) >= 11 is 0. The Morgan fingerprint density at radius 1 is 1.07 bits per heavy atom. The second kappa shape index (κ2) is 9.09. The molecule has 0 atom stereocenters. The summed E-state index contributed by atoms with van der Waals surface area (Å²) in [5.74, 6) is 2.34. The van der Waals surface area contributed by atoms with Crippen LogP contribution >= 0.6 is 0 Å². The number of aromatic nitrogens is 2. The fraction of sp³-hybridized carbons (Fsp3) is 0.286. The number of aryl methyl sites for hydroxylation is 1. The maximum absolute atomic E-state index is 12.3. The van der Waals surface area contributed by atoms with Crippen molar-refractivity contribution in [1.82, 2.24) is 15.0 Å². The van der Waals surface area contributed by atoms with Gasteiger partial charge in [-0.2, -0.15) is 4.98 Å². The summed E-state index contributed by atoms with van der Waals surface area (Å²) in [6.45, 7) is 2.09. The molecule has 2 aromatic carbocycles. The van der Waals surface area contributed by atoms with Crippen LogP contribution in [0.3, 0.4) is 0 Å². The molecule has 1 aromatic heterocycles. The predicted octanol–water partition coefficient (Wildman–Crippen LogP) is 3.10. The average Bonchev–Trinajstić information content (AvgIpc) is 3.21. The Hall–Kier alpha value is -3.55. The number of hydrogen-bond acceptors (Lipinski definition) is 7. The van der Waals surface area contributed by atoms with E-state index in [1.54, 1.807) is 39.5 Å². The first-order chi connectivity index (χ1) is 14.0. The molecular formula is C21H23N3O5. The Morgan fingerprint density at radius 2 is 1.79 bits per heavy atom. The molecule has 3 aromatic rings. The number of benzene rings is 2. The zero-order chi connectivity index (χ0) is 20.8. The molecule has 29 heavy (non-hydrogen) atoms. The number of carbonyl (C=O) groups is 1. The Bertz CT molecular complexity index is 969. The quantitative estimate of drug-likeness (QED) is 0.577. The van der Waals surface area contributed by atoms with Gasteiger partial charge in [-0.05, 0) is 37.3 Å². The van der Waals surface area contributed by atoms with Gasteiger partial charge in [0.25, 0.3) is 5.91 Å². The molecule has 0 radical (unpaired) electrons. The van der Waals surface area contributed by atoms with E-state index < -0.39 is 0 Å². The van der Waals surface area contributed by atoms with Crippen molar-refractivity contribution >= 4 is 5.91 Å². The van der Waals surface area contributed by atoms with Gasteiger partial charge in [-0.3, -0.25) is 4.79 Å². The standard InChI is InChI=1S/C21H23N3O5/c1-14-5-8-16(9-6-14)28-13-20(25)24(2)12-19-22-21(23-29-19)15-7-10-17(26-3)18(11-15)27-4/h5-11H,12-13H2,1-4H3.